The van der Waals surface area contributed by atoms with Crippen molar-refractivity contribution in [2.45, 2.75) is 26.3 Å². The number of piperazine rings is 1. The lowest BCUT2D eigenvalue weighted by Gasteiger charge is -2.35. The third-order valence-corrected chi connectivity index (χ3v) is 3.53. The molecule has 0 aromatic heterocycles. The highest BCUT2D eigenvalue weighted by Crippen LogP contribution is 2.26. The van der Waals surface area contributed by atoms with Gasteiger partial charge in [0.1, 0.15) is 0 Å². The van der Waals surface area contributed by atoms with Crippen LogP contribution in [-0.4, -0.2) is 31.1 Å². The Labute approximate surface area is 98.7 Å². The summed E-state index contributed by atoms with van der Waals surface area (Å²) in [5, 5.41) is 3.42. The molecule has 1 fully saturated rings. The van der Waals surface area contributed by atoms with Crippen LogP contribution in [0, 0.1) is 6.92 Å². The lowest BCUT2D eigenvalue weighted by atomic mass is 9.97. The van der Waals surface area contributed by atoms with Gasteiger partial charge in [0, 0.05) is 32.2 Å². The maximum atomic E-state index is 3.42. The van der Waals surface area contributed by atoms with Crippen molar-refractivity contribution in [3.63, 3.8) is 0 Å². The zero-order valence-electron chi connectivity index (χ0n) is 10.4. The van der Waals surface area contributed by atoms with Crippen LogP contribution in [0.25, 0.3) is 0 Å². The lowest BCUT2D eigenvalue weighted by molar-refractivity contribution is 0.169. The second-order valence-corrected chi connectivity index (χ2v) is 4.57. The Hall–Kier alpha value is -0.860. The molecule has 1 N–H and O–H groups in total. The lowest BCUT2D eigenvalue weighted by Crippen LogP contribution is -2.45. The second kappa shape index (κ2) is 5.46. The van der Waals surface area contributed by atoms with E-state index >= 15 is 0 Å². The van der Waals surface area contributed by atoms with Crippen molar-refractivity contribution in [3.05, 3.63) is 35.4 Å². The molecule has 1 saturated heterocycles. The quantitative estimate of drug-likeness (QED) is 0.838. The third-order valence-electron chi connectivity index (χ3n) is 3.53. The van der Waals surface area contributed by atoms with Gasteiger partial charge in [-0.2, -0.15) is 0 Å². The van der Waals surface area contributed by atoms with E-state index in [4.69, 9.17) is 0 Å². The smallest absolute Gasteiger partial charge is 0.0349 e. The van der Waals surface area contributed by atoms with Gasteiger partial charge >= 0.3 is 0 Å². The Kier molecular flexibility index (Phi) is 3.97. The van der Waals surface area contributed by atoms with Crippen LogP contribution >= 0.6 is 0 Å². The minimum absolute atomic E-state index is 0.600. The average Bonchev–Trinajstić information content (AvgIpc) is 2.34. The summed E-state index contributed by atoms with van der Waals surface area (Å²) in [7, 11) is 0. The molecule has 1 heterocycles. The van der Waals surface area contributed by atoms with Crippen LogP contribution in [-0.2, 0) is 0 Å². The maximum absolute atomic E-state index is 3.42. The summed E-state index contributed by atoms with van der Waals surface area (Å²) in [5.74, 6) is 0. The Bertz CT molecular complexity index is 329. The molecule has 1 unspecified atom stereocenters. The number of benzene rings is 1. The Morgan fingerprint density at radius 3 is 2.56 bits per heavy atom. The van der Waals surface area contributed by atoms with Crippen LogP contribution in [0.4, 0.5) is 0 Å². The largest absolute Gasteiger partial charge is 0.314 e. The van der Waals surface area contributed by atoms with Crippen LogP contribution in [0.5, 0.6) is 0 Å². The normalized spacial score (nSPS) is 19.6. The molecular formula is C14H22N2. The van der Waals surface area contributed by atoms with Gasteiger partial charge in [0.15, 0.2) is 0 Å². The summed E-state index contributed by atoms with van der Waals surface area (Å²) in [5.41, 5.74) is 2.93. The van der Waals surface area contributed by atoms with Crippen molar-refractivity contribution in [1.82, 2.24) is 10.2 Å². The number of hydrogen-bond acceptors (Lipinski definition) is 2. The average molecular weight is 218 g/mol. The predicted octanol–water partition coefficient (Wildman–Crippen LogP) is 2.35. The summed E-state index contributed by atoms with van der Waals surface area (Å²) in [4.78, 5) is 2.61. The van der Waals surface area contributed by atoms with E-state index in [1.165, 1.54) is 30.6 Å². The summed E-state index contributed by atoms with van der Waals surface area (Å²) in [6.07, 6.45) is 1.20. The van der Waals surface area contributed by atoms with Crippen LogP contribution in [0.3, 0.4) is 0 Å². The van der Waals surface area contributed by atoms with E-state index in [0.29, 0.717) is 6.04 Å². The van der Waals surface area contributed by atoms with Gasteiger partial charge in [0.25, 0.3) is 0 Å². The molecule has 2 nitrogen and oxygen atoms in total. The first kappa shape index (κ1) is 11.6. The number of nitrogens with zero attached hydrogens (tertiary/aromatic N) is 1. The van der Waals surface area contributed by atoms with Gasteiger partial charge < -0.3 is 5.32 Å². The Balaban J connectivity index is 2.18. The molecule has 0 bridgehead atoms. The van der Waals surface area contributed by atoms with Gasteiger partial charge in [-0.05, 0) is 24.5 Å². The van der Waals surface area contributed by atoms with E-state index in [1.807, 2.05) is 0 Å². The van der Waals surface area contributed by atoms with E-state index in [2.05, 4.69) is 48.3 Å². The molecule has 0 spiro atoms. The molecule has 0 radical (unpaired) electrons. The van der Waals surface area contributed by atoms with E-state index in [-0.39, 0.29) is 0 Å². The molecule has 1 aromatic rings. The molecule has 1 aliphatic heterocycles. The van der Waals surface area contributed by atoms with Gasteiger partial charge in [-0.25, -0.2) is 0 Å². The van der Waals surface area contributed by atoms with Crippen molar-refractivity contribution in [3.8, 4) is 0 Å². The second-order valence-electron chi connectivity index (χ2n) is 4.57. The standard InChI is InChI=1S/C14H22N2/c1-3-14(16-10-8-15-9-11-16)13-7-5-4-6-12(13)2/h4-7,14-15H,3,8-11H2,1-2H3. The van der Waals surface area contributed by atoms with Crippen LogP contribution < -0.4 is 5.32 Å². The number of aryl methyl sites for hydroxylation is 1. The van der Waals surface area contributed by atoms with Crippen LogP contribution in [0.15, 0.2) is 24.3 Å². The van der Waals surface area contributed by atoms with Crippen molar-refractivity contribution < 1.29 is 0 Å². The molecule has 2 heteroatoms. The number of hydrogen-bond donors (Lipinski definition) is 1. The van der Waals surface area contributed by atoms with E-state index in [0.717, 1.165) is 13.1 Å². The molecule has 1 atom stereocenters. The van der Waals surface area contributed by atoms with Crippen LogP contribution in [0.2, 0.25) is 0 Å². The van der Waals surface area contributed by atoms with E-state index in [1.54, 1.807) is 0 Å². The van der Waals surface area contributed by atoms with E-state index in [9.17, 15) is 0 Å². The first-order valence-electron chi connectivity index (χ1n) is 6.33. The monoisotopic (exact) mass is 218 g/mol. The fraction of sp³-hybridized carbons (Fsp3) is 0.571. The zero-order chi connectivity index (χ0) is 11.4. The topological polar surface area (TPSA) is 15.3 Å². The highest BCUT2D eigenvalue weighted by Gasteiger charge is 2.21. The van der Waals surface area contributed by atoms with Crippen molar-refractivity contribution in [1.29, 1.82) is 0 Å². The minimum atomic E-state index is 0.600. The molecule has 0 saturated carbocycles. The highest BCUT2D eigenvalue weighted by atomic mass is 15.2. The molecule has 2 rings (SSSR count). The molecule has 0 amide bonds. The zero-order valence-corrected chi connectivity index (χ0v) is 10.4. The van der Waals surface area contributed by atoms with Gasteiger partial charge in [-0.15, -0.1) is 0 Å². The summed E-state index contributed by atoms with van der Waals surface area (Å²) in [6.45, 7) is 9.11. The Morgan fingerprint density at radius 1 is 1.25 bits per heavy atom. The molecule has 1 aliphatic rings. The summed E-state index contributed by atoms with van der Waals surface area (Å²) in [6, 6.07) is 9.39. The summed E-state index contributed by atoms with van der Waals surface area (Å²) >= 11 is 0. The first-order valence-corrected chi connectivity index (χ1v) is 6.33. The molecule has 1 aromatic carbocycles. The fourth-order valence-electron chi connectivity index (χ4n) is 2.63. The number of rotatable bonds is 3. The number of nitrogens with one attached hydrogen (secondary N) is 1. The van der Waals surface area contributed by atoms with Crippen molar-refractivity contribution >= 4 is 0 Å². The van der Waals surface area contributed by atoms with Gasteiger partial charge in [-0.3, -0.25) is 4.90 Å². The first-order chi connectivity index (χ1) is 7.83. The highest BCUT2D eigenvalue weighted by molar-refractivity contribution is 5.28. The van der Waals surface area contributed by atoms with E-state index < -0.39 is 0 Å². The minimum Gasteiger partial charge on any atom is -0.314 e. The molecule has 88 valence electrons. The van der Waals surface area contributed by atoms with Gasteiger partial charge in [0.2, 0.25) is 0 Å². The molecule has 0 aliphatic carbocycles. The van der Waals surface area contributed by atoms with Gasteiger partial charge in [0.05, 0.1) is 0 Å². The SMILES string of the molecule is CCC(c1ccccc1C)N1CCNCC1. The third kappa shape index (κ3) is 2.45. The Morgan fingerprint density at radius 2 is 1.94 bits per heavy atom. The summed E-state index contributed by atoms with van der Waals surface area (Å²) < 4.78 is 0. The van der Waals surface area contributed by atoms with Crippen molar-refractivity contribution in [2.75, 3.05) is 26.2 Å². The van der Waals surface area contributed by atoms with Crippen LogP contribution in [0.1, 0.15) is 30.5 Å². The predicted molar refractivity (Wildman–Crippen MR) is 68.7 cm³/mol. The molecule has 16 heavy (non-hydrogen) atoms. The fourth-order valence-corrected chi connectivity index (χ4v) is 2.63. The molecular weight excluding hydrogens is 196 g/mol. The van der Waals surface area contributed by atoms with Gasteiger partial charge in [-0.1, -0.05) is 31.2 Å². The van der Waals surface area contributed by atoms with Crippen molar-refractivity contribution in [2.24, 2.45) is 0 Å². The maximum Gasteiger partial charge on any atom is 0.0349 e.